The Balaban J connectivity index is 1.71. The highest BCUT2D eigenvalue weighted by Crippen LogP contribution is 2.24. The van der Waals surface area contributed by atoms with Crippen molar-refractivity contribution in [3.63, 3.8) is 0 Å². The van der Waals surface area contributed by atoms with Crippen molar-refractivity contribution in [2.75, 3.05) is 25.6 Å². The number of nitro groups is 1. The summed E-state index contributed by atoms with van der Waals surface area (Å²) < 4.78 is 14.9. The van der Waals surface area contributed by atoms with Crippen molar-refractivity contribution in [2.45, 2.75) is 0 Å². The van der Waals surface area contributed by atoms with Gasteiger partial charge >= 0.3 is 11.0 Å². The van der Waals surface area contributed by atoms with Gasteiger partial charge < -0.3 is 14.2 Å². The second-order valence-electron chi connectivity index (χ2n) is 4.43. The Labute approximate surface area is 145 Å². The molecular weight excluding hydrogens is 354 g/mol. The topological polar surface area (TPSA) is 130 Å². The number of thiazole rings is 1. The maximum Gasteiger partial charge on any atom is 0.345 e. The van der Waals surface area contributed by atoms with Gasteiger partial charge in [0.15, 0.2) is 18.3 Å². The Morgan fingerprint density at radius 3 is 2.52 bits per heavy atom. The number of methoxy groups -OCH3 is 1. The van der Waals surface area contributed by atoms with Gasteiger partial charge in [0.2, 0.25) is 0 Å². The van der Waals surface area contributed by atoms with Crippen LogP contribution in [0.1, 0.15) is 0 Å². The number of hydrogen-bond donors (Lipinski definition) is 1. The van der Waals surface area contributed by atoms with Crippen LogP contribution in [0.5, 0.6) is 11.5 Å². The summed E-state index contributed by atoms with van der Waals surface area (Å²) in [6, 6.07) is 6.57. The van der Waals surface area contributed by atoms with Gasteiger partial charge in [0, 0.05) is 0 Å². The molecule has 25 heavy (non-hydrogen) atoms. The number of nitrogens with zero attached hydrogens (tertiary/aromatic N) is 2. The number of rotatable bonds is 8. The molecule has 10 nitrogen and oxygen atoms in total. The van der Waals surface area contributed by atoms with E-state index in [9.17, 15) is 19.7 Å². The lowest BCUT2D eigenvalue weighted by Crippen LogP contribution is -2.23. The molecule has 0 radical (unpaired) electrons. The van der Waals surface area contributed by atoms with Crippen LogP contribution in [-0.2, 0) is 14.3 Å². The number of benzene rings is 1. The van der Waals surface area contributed by atoms with Crippen LogP contribution < -0.4 is 14.8 Å². The molecule has 1 amide bonds. The minimum atomic E-state index is -0.740. The first kappa shape index (κ1) is 18.1. The zero-order valence-corrected chi connectivity index (χ0v) is 13.8. The molecule has 0 spiro atoms. The number of hydrogen-bond acceptors (Lipinski definition) is 9. The summed E-state index contributed by atoms with van der Waals surface area (Å²) in [4.78, 5) is 36.7. The Kier molecular flexibility index (Phi) is 6.23. The molecule has 0 aliphatic carbocycles. The second-order valence-corrected chi connectivity index (χ2v) is 5.44. The quantitative estimate of drug-likeness (QED) is 0.423. The van der Waals surface area contributed by atoms with Gasteiger partial charge in [-0.15, -0.1) is 0 Å². The number of carbonyl (C=O) groups excluding carboxylic acids is 2. The van der Waals surface area contributed by atoms with Gasteiger partial charge in [-0.2, -0.15) is 0 Å². The molecule has 0 saturated heterocycles. The van der Waals surface area contributed by atoms with Gasteiger partial charge in [-0.1, -0.05) is 0 Å². The molecule has 0 aliphatic heterocycles. The van der Waals surface area contributed by atoms with Crippen molar-refractivity contribution in [1.82, 2.24) is 4.98 Å². The summed E-state index contributed by atoms with van der Waals surface area (Å²) in [5.74, 6) is -0.315. The Hall–Kier alpha value is -3.21. The Morgan fingerprint density at radius 1 is 1.24 bits per heavy atom. The molecule has 0 saturated carbocycles. The van der Waals surface area contributed by atoms with E-state index in [0.29, 0.717) is 22.8 Å². The van der Waals surface area contributed by atoms with E-state index in [1.807, 2.05) is 0 Å². The fourth-order valence-corrected chi connectivity index (χ4v) is 2.21. The van der Waals surface area contributed by atoms with Crippen LogP contribution in [0.3, 0.4) is 0 Å². The van der Waals surface area contributed by atoms with Crippen molar-refractivity contribution in [2.24, 2.45) is 0 Å². The van der Waals surface area contributed by atoms with Crippen LogP contribution in [0.25, 0.3) is 0 Å². The van der Waals surface area contributed by atoms with E-state index in [1.54, 1.807) is 24.3 Å². The highest BCUT2D eigenvalue weighted by atomic mass is 32.1. The van der Waals surface area contributed by atoms with Crippen molar-refractivity contribution < 1.29 is 28.7 Å². The SMILES string of the molecule is COc1ccc(OCC(=O)OCC(=O)Nc2ncc([N+](=O)[O-])s2)cc1. The number of amides is 1. The average Bonchev–Trinajstić information content (AvgIpc) is 3.07. The van der Waals surface area contributed by atoms with Crippen molar-refractivity contribution in [3.05, 3.63) is 40.6 Å². The standard InChI is InChI=1S/C14H13N3O7S/c1-22-9-2-4-10(5-3-9)23-8-13(19)24-7-11(18)16-14-15-6-12(25-14)17(20)21/h2-6H,7-8H2,1H3,(H,15,16,18). The molecule has 0 aliphatic rings. The minimum absolute atomic E-state index is 0.0437. The lowest BCUT2D eigenvalue weighted by Gasteiger charge is -2.07. The Morgan fingerprint density at radius 2 is 1.92 bits per heavy atom. The smallest absolute Gasteiger partial charge is 0.345 e. The first-order valence-electron chi connectivity index (χ1n) is 6.80. The fraction of sp³-hybridized carbons (Fsp3) is 0.214. The third-order valence-corrected chi connectivity index (χ3v) is 3.56. The van der Waals surface area contributed by atoms with Crippen molar-refractivity contribution >= 4 is 33.3 Å². The van der Waals surface area contributed by atoms with E-state index >= 15 is 0 Å². The van der Waals surface area contributed by atoms with Crippen LogP contribution in [0.15, 0.2) is 30.5 Å². The molecule has 1 heterocycles. The number of carbonyl (C=O) groups is 2. The lowest BCUT2D eigenvalue weighted by molar-refractivity contribution is -0.380. The van der Waals surface area contributed by atoms with E-state index in [0.717, 1.165) is 6.20 Å². The second kappa shape index (κ2) is 8.59. The molecule has 1 aromatic carbocycles. The van der Waals surface area contributed by atoms with Crippen LogP contribution in [-0.4, -0.2) is 42.1 Å². The monoisotopic (exact) mass is 367 g/mol. The van der Waals surface area contributed by atoms with Crippen LogP contribution in [0.4, 0.5) is 10.1 Å². The van der Waals surface area contributed by atoms with Gasteiger partial charge in [-0.25, -0.2) is 9.78 Å². The highest BCUT2D eigenvalue weighted by molar-refractivity contribution is 7.18. The summed E-state index contributed by atoms with van der Waals surface area (Å²) in [5, 5.41) is 12.6. The molecule has 1 aromatic heterocycles. The van der Waals surface area contributed by atoms with Crippen molar-refractivity contribution in [1.29, 1.82) is 0 Å². The van der Waals surface area contributed by atoms with Crippen LogP contribution in [0, 0.1) is 10.1 Å². The van der Waals surface area contributed by atoms with E-state index in [1.165, 1.54) is 7.11 Å². The van der Waals surface area contributed by atoms with Crippen LogP contribution in [0.2, 0.25) is 0 Å². The van der Waals surface area contributed by atoms with Gasteiger partial charge in [-0.3, -0.25) is 20.2 Å². The lowest BCUT2D eigenvalue weighted by atomic mass is 10.3. The predicted octanol–water partition coefficient (Wildman–Crippen LogP) is 1.62. The molecule has 0 bridgehead atoms. The summed E-state index contributed by atoms with van der Waals surface area (Å²) in [6.45, 7) is -0.930. The number of ether oxygens (including phenoxy) is 3. The normalized spacial score (nSPS) is 9.96. The molecule has 132 valence electrons. The summed E-state index contributed by atoms with van der Waals surface area (Å²) in [5.41, 5.74) is 0. The summed E-state index contributed by atoms with van der Waals surface area (Å²) >= 11 is 0.697. The largest absolute Gasteiger partial charge is 0.497 e. The number of esters is 1. The van der Waals surface area contributed by atoms with E-state index in [4.69, 9.17) is 14.2 Å². The molecule has 0 unspecified atom stereocenters. The predicted molar refractivity (Wildman–Crippen MR) is 86.8 cm³/mol. The molecule has 0 atom stereocenters. The molecule has 11 heteroatoms. The number of nitrogens with one attached hydrogen (secondary N) is 1. The number of anilines is 1. The fourth-order valence-electron chi connectivity index (χ4n) is 1.57. The van der Waals surface area contributed by atoms with E-state index in [2.05, 4.69) is 10.3 Å². The Bertz CT molecular complexity index is 760. The first-order chi connectivity index (χ1) is 12.0. The molecule has 1 N–H and O–H groups in total. The number of aromatic nitrogens is 1. The van der Waals surface area contributed by atoms with Crippen LogP contribution >= 0.6 is 11.3 Å². The third kappa shape index (κ3) is 5.73. The van der Waals surface area contributed by atoms with Gasteiger partial charge in [-0.05, 0) is 35.6 Å². The average molecular weight is 367 g/mol. The minimum Gasteiger partial charge on any atom is -0.497 e. The molecule has 0 fully saturated rings. The highest BCUT2D eigenvalue weighted by Gasteiger charge is 2.14. The van der Waals surface area contributed by atoms with Gasteiger partial charge in [0.25, 0.3) is 5.91 Å². The molecule has 2 aromatic rings. The summed E-state index contributed by atoms with van der Waals surface area (Å²) in [7, 11) is 1.53. The third-order valence-electron chi connectivity index (χ3n) is 2.70. The van der Waals surface area contributed by atoms with E-state index in [-0.39, 0.29) is 16.7 Å². The maximum absolute atomic E-state index is 11.6. The van der Waals surface area contributed by atoms with Gasteiger partial charge in [0.05, 0.1) is 12.0 Å². The molecular formula is C14H13N3O7S. The molecule has 2 rings (SSSR count). The zero-order valence-electron chi connectivity index (χ0n) is 13.0. The maximum atomic E-state index is 11.6. The van der Waals surface area contributed by atoms with Gasteiger partial charge in [0.1, 0.15) is 17.7 Å². The summed E-state index contributed by atoms with van der Waals surface area (Å²) in [6.07, 6.45) is 1.02. The first-order valence-corrected chi connectivity index (χ1v) is 7.62. The van der Waals surface area contributed by atoms with Crippen molar-refractivity contribution in [3.8, 4) is 11.5 Å². The van der Waals surface area contributed by atoms with E-state index < -0.39 is 23.4 Å². The zero-order chi connectivity index (χ0) is 18.2.